The number of rotatable bonds is 1. The second-order valence-corrected chi connectivity index (χ2v) is 1.91. The van der Waals surface area contributed by atoms with Gasteiger partial charge in [0.15, 0.2) is 0 Å². The van der Waals surface area contributed by atoms with Crippen molar-refractivity contribution in [3.05, 3.63) is 24.3 Å². The van der Waals surface area contributed by atoms with Crippen LogP contribution in [0.15, 0.2) is 18.7 Å². The highest BCUT2D eigenvalue weighted by atomic mass is 14.9. The van der Waals surface area contributed by atoms with Crippen LogP contribution in [0.4, 0.5) is 11.6 Å². The molecule has 0 aliphatic rings. The van der Waals surface area contributed by atoms with Crippen LogP contribution < -0.4 is 11.5 Å². The molecule has 0 aliphatic carbocycles. The number of anilines is 2. The van der Waals surface area contributed by atoms with Gasteiger partial charge in [0.05, 0.1) is 0 Å². The molecule has 0 amide bonds. The van der Waals surface area contributed by atoms with Crippen LogP contribution >= 0.6 is 0 Å². The number of nitrogen functional groups attached to an aromatic ring is 2. The molecular weight excluding hydrogens is 126 g/mol. The summed E-state index contributed by atoms with van der Waals surface area (Å²) in [5.74, 6) is 0.859. The molecular formula is C7H9N3. The maximum absolute atomic E-state index is 5.47. The number of aromatic nitrogens is 1. The minimum Gasteiger partial charge on any atom is -0.384 e. The van der Waals surface area contributed by atoms with Gasteiger partial charge in [-0.05, 0) is 12.1 Å². The summed E-state index contributed by atoms with van der Waals surface area (Å²) in [5.41, 5.74) is 11.6. The predicted octanol–water partition coefficient (Wildman–Crippen LogP) is 0.889. The Balaban J connectivity index is 3.19. The van der Waals surface area contributed by atoms with Crippen molar-refractivity contribution in [2.45, 2.75) is 0 Å². The van der Waals surface area contributed by atoms with E-state index in [1.165, 1.54) is 0 Å². The van der Waals surface area contributed by atoms with Crippen molar-refractivity contribution >= 4 is 17.7 Å². The second-order valence-electron chi connectivity index (χ2n) is 1.91. The molecule has 0 radical (unpaired) electrons. The predicted molar refractivity (Wildman–Crippen MR) is 43.2 cm³/mol. The van der Waals surface area contributed by atoms with Crippen molar-refractivity contribution in [1.82, 2.24) is 4.98 Å². The second kappa shape index (κ2) is 2.39. The molecule has 1 aromatic heterocycles. The Morgan fingerprint density at radius 3 is 2.60 bits per heavy atom. The van der Waals surface area contributed by atoms with Crippen LogP contribution in [0.25, 0.3) is 6.08 Å². The maximum atomic E-state index is 5.47. The van der Waals surface area contributed by atoms with Crippen molar-refractivity contribution < 1.29 is 0 Å². The van der Waals surface area contributed by atoms with Gasteiger partial charge in [-0.2, -0.15) is 0 Å². The van der Waals surface area contributed by atoms with Gasteiger partial charge in [-0.1, -0.05) is 12.7 Å². The zero-order valence-corrected chi connectivity index (χ0v) is 5.54. The molecule has 0 saturated carbocycles. The van der Waals surface area contributed by atoms with E-state index in [0.717, 1.165) is 5.56 Å². The van der Waals surface area contributed by atoms with Crippen LogP contribution in [0, 0.1) is 0 Å². The molecule has 1 aromatic rings. The molecule has 3 heteroatoms. The molecule has 1 rings (SSSR count). The molecule has 0 fully saturated rings. The smallest absolute Gasteiger partial charge is 0.133 e. The normalized spacial score (nSPS) is 9.20. The molecule has 0 saturated heterocycles. The van der Waals surface area contributed by atoms with Crippen LogP contribution in [0.3, 0.4) is 0 Å². The first-order valence-corrected chi connectivity index (χ1v) is 2.88. The molecule has 52 valence electrons. The van der Waals surface area contributed by atoms with Gasteiger partial charge in [-0.25, -0.2) is 4.98 Å². The van der Waals surface area contributed by atoms with Crippen LogP contribution in [0.1, 0.15) is 5.56 Å². The van der Waals surface area contributed by atoms with Crippen molar-refractivity contribution in [3.8, 4) is 0 Å². The van der Waals surface area contributed by atoms with E-state index >= 15 is 0 Å². The molecule has 0 aromatic carbocycles. The lowest BCUT2D eigenvalue weighted by Gasteiger charge is -1.98. The summed E-state index contributed by atoms with van der Waals surface area (Å²) in [6.07, 6.45) is 1.64. The molecule has 0 bridgehead atoms. The number of nitrogens with zero attached hydrogens (tertiary/aromatic N) is 1. The van der Waals surface area contributed by atoms with Gasteiger partial charge in [0, 0.05) is 5.56 Å². The quantitative estimate of drug-likeness (QED) is 0.601. The largest absolute Gasteiger partial charge is 0.384 e. The molecule has 0 aliphatic heterocycles. The molecule has 1 heterocycles. The number of pyridine rings is 1. The Bertz CT molecular complexity index is 255. The lowest BCUT2D eigenvalue weighted by molar-refractivity contribution is 1.33. The average Bonchev–Trinajstić information content (AvgIpc) is 1.88. The van der Waals surface area contributed by atoms with Crippen molar-refractivity contribution in [2.75, 3.05) is 11.5 Å². The summed E-state index contributed by atoms with van der Waals surface area (Å²) in [6.45, 7) is 3.56. The van der Waals surface area contributed by atoms with Gasteiger partial charge in [0.25, 0.3) is 0 Å². The van der Waals surface area contributed by atoms with E-state index in [4.69, 9.17) is 11.5 Å². The number of nitrogens with two attached hydrogens (primary N) is 2. The summed E-state index contributed by atoms with van der Waals surface area (Å²) in [7, 11) is 0. The van der Waals surface area contributed by atoms with Gasteiger partial charge in [0.2, 0.25) is 0 Å². The Kier molecular flexibility index (Phi) is 1.58. The maximum Gasteiger partial charge on any atom is 0.133 e. The van der Waals surface area contributed by atoms with Gasteiger partial charge in [-0.3, -0.25) is 0 Å². The van der Waals surface area contributed by atoms with Crippen molar-refractivity contribution in [3.63, 3.8) is 0 Å². The highest BCUT2D eigenvalue weighted by molar-refractivity contribution is 5.61. The third-order valence-corrected chi connectivity index (χ3v) is 1.20. The first-order valence-electron chi connectivity index (χ1n) is 2.88. The zero-order valence-electron chi connectivity index (χ0n) is 5.54. The van der Waals surface area contributed by atoms with Crippen LogP contribution in [-0.4, -0.2) is 4.98 Å². The molecule has 4 N–H and O–H groups in total. The Labute approximate surface area is 59.4 Å². The minimum absolute atomic E-state index is 0.426. The Morgan fingerprint density at radius 1 is 1.40 bits per heavy atom. The van der Waals surface area contributed by atoms with Gasteiger partial charge in [-0.15, -0.1) is 0 Å². The zero-order chi connectivity index (χ0) is 7.56. The highest BCUT2D eigenvalue weighted by Gasteiger charge is 1.94. The first kappa shape index (κ1) is 6.61. The fraction of sp³-hybridized carbons (Fsp3) is 0. The summed E-state index contributed by atoms with van der Waals surface area (Å²) in [6, 6.07) is 3.47. The van der Waals surface area contributed by atoms with Gasteiger partial charge in [0.1, 0.15) is 11.6 Å². The minimum atomic E-state index is 0.426. The number of hydrogen-bond acceptors (Lipinski definition) is 3. The summed E-state index contributed by atoms with van der Waals surface area (Å²) < 4.78 is 0. The molecule has 3 nitrogen and oxygen atoms in total. The van der Waals surface area contributed by atoms with E-state index in [1.807, 2.05) is 0 Å². The van der Waals surface area contributed by atoms with E-state index in [-0.39, 0.29) is 0 Å². The Hall–Kier alpha value is -1.51. The molecule has 0 unspecified atom stereocenters. The monoisotopic (exact) mass is 135 g/mol. The Morgan fingerprint density at radius 2 is 2.10 bits per heavy atom. The first-order chi connectivity index (χ1) is 4.74. The van der Waals surface area contributed by atoms with Crippen LogP contribution in [0.2, 0.25) is 0 Å². The fourth-order valence-corrected chi connectivity index (χ4v) is 0.674. The summed E-state index contributed by atoms with van der Waals surface area (Å²) in [4.78, 5) is 3.83. The highest BCUT2D eigenvalue weighted by Crippen LogP contribution is 2.11. The lowest BCUT2D eigenvalue weighted by atomic mass is 10.2. The van der Waals surface area contributed by atoms with Crippen molar-refractivity contribution in [2.24, 2.45) is 0 Å². The van der Waals surface area contributed by atoms with Gasteiger partial charge < -0.3 is 11.5 Å². The third-order valence-electron chi connectivity index (χ3n) is 1.20. The summed E-state index contributed by atoms with van der Waals surface area (Å²) >= 11 is 0. The third kappa shape index (κ3) is 1.07. The number of hydrogen-bond donors (Lipinski definition) is 2. The van der Waals surface area contributed by atoms with E-state index in [0.29, 0.717) is 11.6 Å². The fourth-order valence-electron chi connectivity index (χ4n) is 0.674. The molecule has 0 atom stereocenters. The standard InChI is InChI=1S/C7H9N3/c1-2-5-3-4-6(8)10-7(5)9/h2-4H,1H2,(H4,8,9,10). The van der Waals surface area contributed by atoms with Crippen LogP contribution in [0.5, 0.6) is 0 Å². The lowest BCUT2D eigenvalue weighted by Crippen LogP contribution is -1.97. The summed E-state index contributed by atoms with van der Waals surface area (Å²) in [5, 5.41) is 0. The molecule has 10 heavy (non-hydrogen) atoms. The SMILES string of the molecule is C=Cc1ccc(N)nc1N. The molecule has 0 spiro atoms. The van der Waals surface area contributed by atoms with Gasteiger partial charge >= 0.3 is 0 Å². The topological polar surface area (TPSA) is 64.9 Å². The average molecular weight is 135 g/mol. The van der Waals surface area contributed by atoms with E-state index in [2.05, 4.69) is 11.6 Å². The van der Waals surface area contributed by atoms with E-state index < -0.39 is 0 Å². The van der Waals surface area contributed by atoms with E-state index in [9.17, 15) is 0 Å². The van der Waals surface area contributed by atoms with E-state index in [1.54, 1.807) is 18.2 Å². The van der Waals surface area contributed by atoms with Crippen LogP contribution in [-0.2, 0) is 0 Å². The van der Waals surface area contributed by atoms with Crippen molar-refractivity contribution in [1.29, 1.82) is 0 Å².